The minimum atomic E-state index is 0. The van der Waals surface area contributed by atoms with Crippen LogP contribution in [0.25, 0.3) is 0 Å². The molecule has 1 heterocycles. The van der Waals surface area contributed by atoms with Crippen molar-refractivity contribution in [3.05, 3.63) is 41.5 Å². The molecule has 1 aromatic heterocycles. The van der Waals surface area contributed by atoms with Gasteiger partial charge in [-0.25, -0.2) is 4.99 Å². The highest BCUT2D eigenvalue weighted by Crippen LogP contribution is 2.19. The lowest BCUT2D eigenvalue weighted by molar-refractivity contribution is 0.407. The van der Waals surface area contributed by atoms with Crippen LogP contribution in [0, 0.1) is 6.92 Å². The van der Waals surface area contributed by atoms with E-state index in [1.807, 2.05) is 42.8 Å². The topological polar surface area (TPSA) is 76.4 Å². The fourth-order valence-electron chi connectivity index (χ4n) is 3.36. The summed E-state index contributed by atoms with van der Waals surface area (Å²) in [7, 11) is 3.67. The van der Waals surface area contributed by atoms with E-state index in [0.29, 0.717) is 19.1 Å². The maximum atomic E-state index is 5.44. The van der Waals surface area contributed by atoms with Crippen LogP contribution in [0.2, 0.25) is 0 Å². The number of para-hydroxylation sites is 1. The van der Waals surface area contributed by atoms with Crippen LogP contribution in [0.15, 0.2) is 29.3 Å². The SMILES string of the molecule is COc1ccccc1CN=C(NCc1nnc(C)n1C)NC1CCCCC1.I. The number of nitrogens with one attached hydrogen (secondary N) is 2. The second-order valence-corrected chi connectivity index (χ2v) is 7.03. The first kappa shape index (κ1) is 22.4. The Bertz CT molecular complexity index is 770. The molecule has 2 aromatic rings. The number of ether oxygens (including phenoxy) is 1. The standard InChI is InChI=1S/C20H30N6O.HI/c1-15-24-25-19(26(15)2)14-22-20(23-17-10-5-4-6-11-17)21-13-16-9-7-8-12-18(16)27-3;/h7-9,12,17H,4-6,10-11,13-14H2,1-3H3,(H2,21,22,23);1H. The number of hydrogen-bond donors (Lipinski definition) is 2. The number of aryl methyl sites for hydroxylation is 1. The molecule has 1 aromatic carbocycles. The van der Waals surface area contributed by atoms with Gasteiger partial charge in [-0.1, -0.05) is 37.5 Å². The maximum absolute atomic E-state index is 5.44. The molecular formula is C20H31IN6O. The van der Waals surface area contributed by atoms with Gasteiger partial charge in [-0.15, -0.1) is 34.2 Å². The lowest BCUT2D eigenvalue weighted by Crippen LogP contribution is -2.44. The molecule has 28 heavy (non-hydrogen) atoms. The van der Waals surface area contributed by atoms with Crippen molar-refractivity contribution in [3.63, 3.8) is 0 Å². The average Bonchev–Trinajstić information content (AvgIpc) is 3.03. The van der Waals surface area contributed by atoms with E-state index in [0.717, 1.165) is 28.9 Å². The van der Waals surface area contributed by atoms with E-state index in [1.165, 1.54) is 32.1 Å². The van der Waals surface area contributed by atoms with E-state index >= 15 is 0 Å². The van der Waals surface area contributed by atoms with Gasteiger partial charge in [-0.2, -0.15) is 0 Å². The summed E-state index contributed by atoms with van der Waals surface area (Å²) in [5, 5.41) is 15.4. The number of aliphatic imine (C=N–C) groups is 1. The van der Waals surface area contributed by atoms with Gasteiger partial charge in [-0.3, -0.25) is 0 Å². The molecule has 0 aliphatic heterocycles. The molecule has 0 atom stereocenters. The largest absolute Gasteiger partial charge is 0.496 e. The van der Waals surface area contributed by atoms with Crippen LogP contribution in [0.3, 0.4) is 0 Å². The van der Waals surface area contributed by atoms with Gasteiger partial charge in [0.15, 0.2) is 11.8 Å². The third kappa shape index (κ3) is 6.08. The molecule has 1 fully saturated rings. The Kier molecular flexibility index (Phi) is 9.01. The van der Waals surface area contributed by atoms with E-state index in [1.54, 1.807) is 7.11 Å². The third-order valence-corrected chi connectivity index (χ3v) is 5.14. The number of halogens is 1. The molecule has 0 bridgehead atoms. The van der Waals surface area contributed by atoms with E-state index in [9.17, 15) is 0 Å². The smallest absolute Gasteiger partial charge is 0.192 e. The van der Waals surface area contributed by atoms with Crippen LogP contribution in [0.1, 0.15) is 49.3 Å². The van der Waals surface area contributed by atoms with Gasteiger partial charge >= 0.3 is 0 Å². The second-order valence-electron chi connectivity index (χ2n) is 7.03. The number of hydrogen-bond acceptors (Lipinski definition) is 4. The number of benzene rings is 1. The molecule has 1 saturated carbocycles. The van der Waals surface area contributed by atoms with Crippen LogP contribution in [0.5, 0.6) is 5.75 Å². The molecular weight excluding hydrogens is 467 g/mol. The molecule has 8 heteroatoms. The summed E-state index contributed by atoms with van der Waals surface area (Å²) in [4.78, 5) is 4.81. The summed E-state index contributed by atoms with van der Waals surface area (Å²) in [6.45, 7) is 3.10. The van der Waals surface area contributed by atoms with Gasteiger partial charge in [0.05, 0.1) is 20.2 Å². The second kappa shape index (κ2) is 11.2. The van der Waals surface area contributed by atoms with Crippen molar-refractivity contribution in [3.8, 4) is 5.75 Å². The molecule has 0 saturated heterocycles. The summed E-state index contributed by atoms with van der Waals surface area (Å²) in [5.74, 6) is 3.47. The molecule has 0 amide bonds. The Morgan fingerprint density at radius 3 is 2.64 bits per heavy atom. The van der Waals surface area contributed by atoms with Gasteiger partial charge in [-0.05, 0) is 25.8 Å². The Balaban J connectivity index is 0.00000280. The third-order valence-electron chi connectivity index (χ3n) is 5.14. The summed E-state index contributed by atoms with van der Waals surface area (Å²) in [5.41, 5.74) is 1.07. The molecule has 2 N–H and O–H groups in total. The molecule has 0 radical (unpaired) electrons. The number of nitrogens with zero attached hydrogens (tertiary/aromatic N) is 4. The van der Waals surface area contributed by atoms with Crippen molar-refractivity contribution in [2.75, 3.05) is 7.11 Å². The van der Waals surface area contributed by atoms with Crippen molar-refractivity contribution >= 4 is 29.9 Å². The molecule has 1 aliphatic rings. The maximum Gasteiger partial charge on any atom is 0.192 e. The first-order valence-corrected chi connectivity index (χ1v) is 9.69. The minimum Gasteiger partial charge on any atom is -0.496 e. The van der Waals surface area contributed by atoms with E-state index < -0.39 is 0 Å². The normalized spacial score (nSPS) is 15.0. The molecule has 154 valence electrons. The fourth-order valence-corrected chi connectivity index (χ4v) is 3.36. The highest BCUT2D eigenvalue weighted by molar-refractivity contribution is 14.0. The number of aromatic nitrogens is 3. The monoisotopic (exact) mass is 498 g/mol. The zero-order valence-electron chi connectivity index (χ0n) is 16.9. The van der Waals surface area contributed by atoms with Crippen LogP contribution in [-0.4, -0.2) is 33.9 Å². The molecule has 0 spiro atoms. The van der Waals surface area contributed by atoms with Gasteiger partial charge in [0, 0.05) is 18.7 Å². The number of rotatable bonds is 6. The average molecular weight is 498 g/mol. The first-order chi connectivity index (χ1) is 13.2. The van der Waals surface area contributed by atoms with Crippen LogP contribution >= 0.6 is 24.0 Å². The molecule has 3 rings (SSSR count). The minimum absolute atomic E-state index is 0. The van der Waals surface area contributed by atoms with Crippen molar-refractivity contribution in [1.29, 1.82) is 0 Å². The molecule has 1 aliphatic carbocycles. The Labute approximate surface area is 184 Å². The van der Waals surface area contributed by atoms with E-state index in [-0.39, 0.29) is 24.0 Å². The quantitative estimate of drug-likeness (QED) is 0.363. The predicted molar refractivity (Wildman–Crippen MR) is 122 cm³/mol. The Morgan fingerprint density at radius 1 is 1.21 bits per heavy atom. The zero-order chi connectivity index (χ0) is 19.1. The van der Waals surface area contributed by atoms with Gasteiger partial charge in [0.2, 0.25) is 0 Å². The van der Waals surface area contributed by atoms with Crippen molar-refractivity contribution in [1.82, 2.24) is 25.4 Å². The molecule has 7 nitrogen and oxygen atoms in total. The Morgan fingerprint density at radius 2 is 1.96 bits per heavy atom. The highest BCUT2D eigenvalue weighted by atomic mass is 127. The lowest BCUT2D eigenvalue weighted by atomic mass is 9.96. The van der Waals surface area contributed by atoms with E-state index in [4.69, 9.17) is 9.73 Å². The summed E-state index contributed by atoms with van der Waals surface area (Å²) < 4.78 is 7.44. The van der Waals surface area contributed by atoms with E-state index in [2.05, 4.69) is 20.8 Å². The fraction of sp³-hybridized carbons (Fsp3) is 0.550. The number of methoxy groups -OCH3 is 1. The summed E-state index contributed by atoms with van der Waals surface area (Å²) in [6, 6.07) is 8.48. The van der Waals surface area contributed by atoms with Crippen molar-refractivity contribution in [2.24, 2.45) is 12.0 Å². The summed E-state index contributed by atoms with van der Waals surface area (Å²) in [6.07, 6.45) is 6.27. The number of guanidine groups is 1. The predicted octanol–water partition coefficient (Wildman–Crippen LogP) is 3.32. The lowest BCUT2D eigenvalue weighted by Gasteiger charge is -2.25. The van der Waals surface area contributed by atoms with Gasteiger partial charge in [0.25, 0.3) is 0 Å². The van der Waals surface area contributed by atoms with Gasteiger partial charge in [0.1, 0.15) is 11.6 Å². The highest BCUT2D eigenvalue weighted by Gasteiger charge is 2.15. The Hall–Kier alpha value is -1.84. The van der Waals surface area contributed by atoms with Crippen LogP contribution in [0.4, 0.5) is 0 Å². The van der Waals surface area contributed by atoms with Crippen LogP contribution in [-0.2, 0) is 20.1 Å². The van der Waals surface area contributed by atoms with Crippen LogP contribution < -0.4 is 15.4 Å². The first-order valence-electron chi connectivity index (χ1n) is 9.69. The van der Waals surface area contributed by atoms with Gasteiger partial charge < -0.3 is 19.9 Å². The zero-order valence-corrected chi connectivity index (χ0v) is 19.3. The van der Waals surface area contributed by atoms with Crippen molar-refractivity contribution in [2.45, 2.75) is 58.2 Å². The van der Waals surface area contributed by atoms with Crippen molar-refractivity contribution < 1.29 is 4.74 Å². The summed E-state index contributed by atoms with van der Waals surface area (Å²) >= 11 is 0. The molecule has 0 unspecified atom stereocenters.